The van der Waals surface area contributed by atoms with Crippen LogP contribution in [0.5, 0.6) is 0 Å². The van der Waals surface area contributed by atoms with Crippen molar-refractivity contribution in [1.29, 1.82) is 0 Å². The monoisotopic (exact) mass is 223 g/mol. The number of hydrogen-bond acceptors (Lipinski definition) is 4. The molecule has 0 bridgehead atoms. The molecule has 0 saturated heterocycles. The van der Waals surface area contributed by atoms with Gasteiger partial charge >= 0.3 is 11.9 Å². The lowest BCUT2D eigenvalue weighted by Crippen LogP contribution is -2.43. The van der Waals surface area contributed by atoms with Gasteiger partial charge in [-0.2, -0.15) is 0 Å². The van der Waals surface area contributed by atoms with Crippen molar-refractivity contribution < 1.29 is 19.4 Å². The molecule has 2 N–H and O–H groups in total. The van der Waals surface area contributed by atoms with E-state index in [-0.39, 0.29) is 0 Å². The maximum atomic E-state index is 11.1. The number of ether oxygens (including phenoxy) is 1. The average Bonchev–Trinajstić information content (AvgIpc) is 2.30. The van der Waals surface area contributed by atoms with Crippen LogP contribution < -0.4 is 5.32 Å². The number of aliphatic carboxylic acids is 1. The summed E-state index contributed by atoms with van der Waals surface area (Å²) in [6.45, 7) is 0.299. The van der Waals surface area contributed by atoms with Crippen LogP contribution in [0.25, 0.3) is 0 Å². The second kappa shape index (κ2) is 5.87. The van der Waals surface area contributed by atoms with Crippen LogP contribution in [0, 0.1) is 0 Å². The van der Waals surface area contributed by atoms with Gasteiger partial charge in [-0.25, -0.2) is 9.59 Å². The lowest BCUT2D eigenvalue weighted by molar-refractivity contribution is -0.153. The van der Waals surface area contributed by atoms with Gasteiger partial charge in [0.1, 0.15) is 0 Å². The fourth-order valence-electron chi connectivity index (χ4n) is 1.21. The standard InChI is InChI=1S/C11H13NO4/c1-16-11(15)9(10(13)14)12-7-8-5-3-2-4-6-8/h2-6,9,12H,7H2,1H3,(H,13,14). The van der Waals surface area contributed by atoms with Gasteiger partial charge in [0.15, 0.2) is 0 Å². The van der Waals surface area contributed by atoms with Gasteiger partial charge in [-0.1, -0.05) is 30.3 Å². The molecule has 0 aliphatic heterocycles. The van der Waals surface area contributed by atoms with Crippen LogP contribution in [0.1, 0.15) is 5.56 Å². The molecule has 0 amide bonds. The van der Waals surface area contributed by atoms with Gasteiger partial charge in [-0.3, -0.25) is 5.32 Å². The Bertz CT molecular complexity index is 364. The van der Waals surface area contributed by atoms with Crippen LogP contribution >= 0.6 is 0 Å². The predicted molar refractivity (Wildman–Crippen MR) is 56.7 cm³/mol. The Kier molecular flexibility index (Phi) is 4.47. The summed E-state index contributed by atoms with van der Waals surface area (Å²) in [6, 6.07) is 7.88. The zero-order valence-corrected chi connectivity index (χ0v) is 8.84. The van der Waals surface area contributed by atoms with E-state index in [4.69, 9.17) is 5.11 Å². The SMILES string of the molecule is COC(=O)C(NCc1ccccc1)C(=O)O. The highest BCUT2D eigenvalue weighted by molar-refractivity contribution is 5.98. The van der Waals surface area contributed by atoms with Gasteiger partial charge in [0.05, 0.1) is 7.11 Å². The molecule has 1 aromatic carbocycles. The summed E-state index contributed by atoms with van der Waals surface area (Å²) in [6.07, 6.45) is 0. The quantitative estimate of drug-likeness (QED) is 0.558. The summed E-state index contributed by atoms with van der Waals surface area (Å²) < 4.78 is 4.38. The molecular weight excluding hydrogens is 210 g/mol. The second-order valence-electron chi connectivity index (χ2n) is 3.16. The molecule has 1 rings (SSSR count). The van der Waals surface area contributed by atoms with Crippen molar-refractivity contribution in [3.8, 4) is 0 Å². The number of esters is 1. The Hall–Kier alpha value is -1.88. The zero-order valence-electron chi connectivity index (χ0n) is 8.84. The van der Waals surface area contributed by atoms with Crippen LogP contribution in [-0.4, -0.2) is 30.2 Å². The molecule has 0 aromatic heterocycles. The highest BCUT2D eigenvalue weighted by atomic mass is 16.5. The minimum Gasteiger partial charge on any atom is -0.480 e. The van der Waals surface area contributed by atoms with Crippen LogP contribution in [0.3, 0.4) is 0 Å². The van der Waals surface area contributed by atoms with Crippen molar-refractivity contribution in [3.05, 3.63) is 35.9 Å². The zero-order chi connectivity index (χ0) is 12.0. The number of carbonyl (C=O) groups excluding carboxylic acids is 1. The number of carboxylic acid groups (broad SMARTS) is 1. The second-order valence-corrected chi connectivity index (χ2v) is 3.16. The molecule has 0 radical (unpaired) electrons. The van der Waals surface area contributed by atoms with Gasteiger partial charge in [-0.15, -0.1) is 0 Å². The Morgan fingerprint density at radius 1 is 1.38 bits per heavy atom. The van der Waals surface area contributed by atoms with E-state index in [0.717, 1.165) is 12.7 Å². The average molecular weight is 223 g/mol. The molecule has 5 nitrogen and oxygen atoms in total. The normalized spacial score (nSPS) is 11.8. The maximum Gasteiger partial charge on any atom is 0.334 e. The molecule has 0 heterocycles. The fraction of sp³-hybridized carbons (Fsp3) is 0.273. The number of benzene rings is 1. The van der Waals surface area contributed by atoms with E-state index in [2.05, 4.69) is 10.1 Å². The first-order valence-corrected chi connectivity index (χ1v) is 4.73. The highest BCUT2D eigenvalue weighted by Crippen LogP contribution is 1.99. The molecule has 0 saturated carbocycles. The molecular formula is C11H13NO4. The lowest BCUT2D eigenvalue weighted by atomic mass is 10.2. The van der Waals surface area contributed by atoms with Crippen LogP contribution in [-0.2, 0) is 20.9 Å². The van der Waals surface area contributed by atoms with E-state index < -0.39 is 18.0 Å². The molecule has 86 valence electrons. The van der Waals surface area contributed by atoms with Gasteiger partial charge < -0.3 is 9.84 Å². The first-order chi connectivity index (χ1) is 7.65. The Labute approximate surface area is 93.0 Å². The van der Waals surface area contributed by atoms with E-state index in [1.54, 1.807) is 0 Å². The smallest absolute Gasteiger partial charge is 0.334 e. The van der Waals surface area contributed by atoms with E-state index in [1.165, 1.54) is 0 Å². The lowest BCUT2D eigenvalue weighted by Gasteiger charge is -2.11. The number of methoxy groups -OCH3 is 1. The first-order valence-electron chi connectivity index (χ1n) is 4.73. The van der Waals surface area contributed by atoms with Crippen molar-refractivity contribution in [1.82, 2.24) is 5.32 Å². The van der Waals surface area contributed by atoms with Crippen LogP contribution in [0.15, 0.2) is 30.3 Å². The molecule has 0 spiro atoms. The molecule has 1 atom stereocenters. The molecule has 0 aliphatic rings. The van der Waals surface area contributed by atoms with Gasteiger partial charge in [0.25, 0.3) is 0 Å². The molecule has 1 unspecified atom stereocenters. The van der Waals surface area contributed by atoms with Crippen LogP contribution in [0.2, 0.25) is 0 Å². The number of carboxylic acids is 1. The Morgan fingerprint density at radius 3 is 2.50 bits per heavy atom. The minimum atomic E-state index is -1.33. The van der Waals surface area contributed by atoms with Crippen LogP contribution in [0.4, 0.5) is 0 Å². The third kappa shape index (κ3) is 3.36. The topological polar surface area (TPSA) is 75.6 Å². The van der Waals surface area contributed by atoms with E-state index in [0.29, 0.717) is 6.54 Å². The number of nitrogens with one attached hydrogen (secondary N) is 1. The third-order valence-corrected chi connectivity index (χ3v) is 2.04. The van der Waals surface area contributed by atoms with Gasteiger partial charge in [-0.05, 0) is 5.56 Å². The molecule has 0 fully saturated rings. The number of hydrogen-bond donors (Lipinski definition) is 2. The summed E-state index contributed by atoms with van der Waals surface area (Å²) in [7, 11) is 1.16. The van der Waals surface area contributed by atoms with E-state index in [1.807, 2.05) is 30.3 Å². The summed E-state index contributed by atoms with van der Waals surface area (Å²) in [5, 5.41) is 11.4. The van der Waals surface area contributed by atoms with Crippen molar-refractivity contribution in [2.24, 2.45) is 0 Å². The Morgan fingerprint density at radius 2 is 2.00 bits per heavy atom. The summed E-state index contributed by atoms with van der Waals surface area (Å²) in [5.41, 5.74) is 0.901. The fourth-order valence-corrected chi connectivity index (χ4v) is 1.21. The first kappa shape index (κ1) is 12.2. The van der Waals surface area contributed by atoms with Gasteiger partial charge in [0, 0.05) is 6.54 Å². The maximum absolute atomic E-state index is 11.1. The van der Waals surface area contributed by atoms with Crippen molar-refractivity contribution in [3.63, 3.8) is 0 Å². The van der Waals surface area contributed by atoms with Crippen molar-refractivity contribution >= 4 is 11.9 Å². The highest BCUT2D eigenvalue weighted by Gasteiger charge is 2.26. The molecule has 1 aromatic rings. The molecule has 5 heteroatoms. The van der Waals surface area contributed by atoms with Crippen molar-refractivity contribution in [2.45, 2.75) is 12.6 Å². The number of rotatable bonds is 5. The summed E-state index contributed by atoms with van der Waals surface area (Å²) >= 11 is 0. The van der Waals surface area contributed by atoms with E-state index in [9.17, 15) is 9.59 Å². The largest absolute Gasteiger partial charge is 0.480 e. The number of carbonyl (C=O) groups is 2. The third-order valence-electron chi connectivity index (χ3n) is 2.04. The van der Waals surface area contributed by atoms with Gasteiger partial charge in [0.2, 0.25) is 6.04 Å². The van der Waals surface area contributed by atoms with E-state index >= 15 is 0 Å². The minimum absolute atomic E-state index is 0.299. The Balaban J connectivity index is 2.57. The summed E-state index contributed by atoms with van der Waals surface area (Å²) in [5.74, 6) is -2.05. The van der Waals surface area contributed by atoms with Crippen molar-refractivity contribution in [2.75, 3.05) is 7.11 Å². The summed E-state index contributed by atoms with van der Waals surface area (Å²) in [4.78, 5) is 21.9. The predicted octanol–water partition coefficient (Wildman–Crippen LogP) is 0.402. The molecule has 0 aliphatic carbocycles. The molecule has 16 heavy (non-hydrogen) atoms.